The van der Waals surface area contributed by atoms with Gasteiger partial charge in [-0.1, -0.05) is 36.8 Å². The van der Waals surface area contributed by atoms with Crippen LogP contribution in [0.1, 0.15) is 20.3 Å². The number of hydrogen-bond donors (Lipinski definition) is 0. The smallest absolute Gasteiger partial charge is 0.199 e. The van der Waals surface area contributed by atoms with Gasteiger partial charge in [0.05, 0.1) is 4.90 Å². The summed E-state index contributed by atoms with van der Waals surface area (Å²) in [5, 5.41) is 1.29. The SMILES string of the molecule is C=C(C)C[C@@H](C)/C=C/S(=O)(=O)c1ccccc1. The molecule has 17 heavy (non-hydrogen) atoms. The molecule has 92 valence electrons. The first-order valence-electron chi connectivity index (χ1n) is 5.54. The molecule has 0 N–H and O–H groups in total. The van der Waals surface area contributed by atoms with Crippen molar-refractivity contribution in [1.29, 1.82) is 0 Å². The third-order valence-corrected chi connectivity index (χ3v) is 3.77. The largest absolute Gasteiger partial charge is 0.219 e. The summed E-state index contributed by atoms with van der Waals surface area (Å²) in [4.78, 5) is 0.332. The Bertz CT molecular complexity index is 498. The second-order valence-electron chi connectivity index (χ2n) is 4.33. The maximum atomic E-state index is 11.9. The normalized spacial score (nSPS) is 13.8. The van der Waals surface area contributed by atoms with Crippen molar-refractivity contribution < 1.29 is 8.42 Å². The molecule has 0 saturated carbocycles. The Balaban J connectivity index is 2.81. The van der Waals surface area contributed by atoms with Gasteiger partial charge < -0.3 is 0 Å². The molecule has 2 nitrogen and oxygen atoms in total. The average Bonchev–Trinajstić information content (AvgIpc) is 2.27. The molecule has 1 aromatic rings. The predicted octanol–water partition coefficient (Wildman–Crippen LogP) is 3.58. The summed E-state index contributed by atoms with van der Waals surface area (Å²) >= 11 is 0. The number of sulfone groups is 1. The first-order chi connectivity index (χ1) is 7.92. The molecule has 0 heterocycles. The zero-order valence-electron chi connectivity index (χ0n) is 10.3. The number of benzene rings is 1. The fraction of sp³-hybridized carbons (Fsp3) is 0.286. The molecule has 1 atom stereocenters. The molecule has 1 aromatic carbocycles. The summed E-state index contributed by atoms with van der Waals surface area (Å²) in [5.41, 5.74) is 1.05. The van der Waals surface area contributed by atoms with E-state index in [1.807, 2.05) is 13.8 Å². The molecule has 0 aromatic heterocycles. The summed E-state index contributed by atoms with van der Waals surface area (Å²) < 4.78 is 23.8. The molecule has 0 bridgehead atoms. The highest BCUT2D eigenvalue weighted by Gasteiger charge is 2.09. The van der Waals surface area contributed by atoms with E-state index in [4.69, 9.17) is 0 Å². The van der Waals surface area contributed by atoms with Gasteiger partial charge in [-0.25, -0.2) is 8.42 Å². The van der Waals surface area contributed by atoms with Crippen LogP contribution in [-0.2, 0) is 9.84 Å². The number of allylic oxidation sites excluding steroid dienone is 2. The van der Waals surface area contributed by atoms with E-state index in [2.05, 4.69) is 6.58 Å². The number of rotatable bonds is 5. The topological polar surface area (TPSA) is 34.1 Å². The van der Waals surface area contributed by atoms with Crippen LogP contribution < -0.4 is 0 Å². The van der Waals surface area contributed by atoms with Gasteiger partial charge in [-0.2, -0.15) is 0 Å². The van der Waals surface area contributed by atoms with Crippen molar-refractivity contribution in [1.82, 2.24) is 0 Å². The van der Waals surface area contributed by atoms with Gasteiger partial charge in [0.1, 0.15) is 0 Å². The maximum absolute atomic E-state index is 11.9. The van der Waals surface area contributed by atoms with Gasteiger partial charge in [0, 0.05) is 5.41 Å². The molecule has 1 rings (SSSR count). The van der Waals surface area contributed by atoms with E-state index in [9.17, 15) is 8.42 Å². The minimum Gasteiger partial charge on any atom is -0.219 e. The van der Waals surface area contributed by atoms with Crippen molar-refractivity contribution in [3.63, 3.8) is 0 Å². The Morgan fingerprint density at radius 3 is 2.47 bits per heavy atom. The minimum atomic E-state index is -3.30. The monoisotopic (exact) mass is 250 g/mol. The van der Waals surface area contributed by atoms with Crippen LogP contribution in [0.3, 0.4) is 0 Å². The molecule has 0 saturated heterocycles. The predicted molar refractivity (Wildman–Crippen MR) is 71.4 cm³/mol. The zero-order chi connectivity index (χ0) is 12.9. The van der Waals surface area contributed by atoms with Gasteiger partial charge >= 0.3 is 0 Å². The van der Waals surface area contributed by atoms with Gasteiger partial charge in [-0.3, -0.25) is 0 Å². The summed E-state index contributed by atoms with van der Waals surface area (Å²) in [6.07, 6.45) is 2.53. The van der Waals surface area contributed by atoms with Crippen LogP contribution in [0.4, 0.5) is 0 Å². The molecule has 3 heteroatoms. The van der Waals surface area contributed by atoms with Crippen LogP contribution in [0.2, 0.25) is 0 Å². The minimum absolute atomic E-state index is 0.186. The van der Waals surface area contributed by atoms with E-state index in [-0.39, 0.29) is 5.92 Å². The quantitative estimate of drug-likeness (QED) is 0.749. The van der Waals surface area contributed by atoms with Crippen molar-refractivity contribution in [2.45, 2.75) is 25.2 Å². The molecule has 0 spiro atoms. The van der Waals surface area contributed by atoms with Gasteiger partial charge in [0.25, 0.3) is 0 Å². The summed E-state index contributed by atoms with van der Waals surface area (Å²) in [6, 6.07) is 8.44. The van der Waals surface area contributed by atoms with E-state index < -0.39 is 9.84 Å². The zero-order valence-corrected chi connectivity index (χ0v) is 11.1. The summed E-state index contributed by atoms with van der Waals surface area (Å²) in [6.45, 7) is 7.73. The van der Waals surface area contributed by atoms with Crippen LogP contribution in [-0.4, -0.2) is 8.42 Å². The van der Waals surface area contributed by atoms with Crippen LogP contribution >= 0.6 is 0 Å². The Morgan fingerprint density at radius 1 is 1.35 bits per heavy atom. The van der Waals surface area contributed by atoms with Crippen molar-refractivity contribution in [3.8, 4) is 0 Å². The molecule has 0 aliphatic rings. The van der Waals surface area contributed by atoms with Gasteiger partial charge in [0.2, 0.25) is 0 Å². The third kappa shape index (κ3) is 4.57. The average molecular weight is 250 g/mol. The van der Waals surface area contributed by atoms with Crippen LogP contribution in [0.15, 0.2) is 58.9 Å². The third-order valence-electron chi connectivity index (χ3n) is 2.33. The highest BCUT2D eigenvalue weighted by Crippen LogP contribution is 2.15. The first kappa shape index (κ1) is 13.7. The molecule has 0 aliphatic carbocycles. The lowest BCUT2D eigenvalue weighted by atomic mass is 10.0. The van der Waals surface area contributed by atoms with E-state index in [0.29, 0.717) is 4.90 Å². The Hall–Kier alpha value is -1.35. The molecule has 0 aliphatic heterocycles. The van der Waals surface area contributed by atoms with Gasteiger partial charge in [-0.15, -0.1) is 6.58 Å². The van der Waals surface area contributed by atoms with Gasteiger partial charge in [0.15, 0.2) is 9.84 Å². The lowest BCUT2D eigenvalue weighted by Gasteiger charge is -2.05. The van der Waals surface area contributed by atoms with Crippen molar-refractivity contribution >= 4 is 9.84 Å². The highest BCUT2D eigenvalue weighted by atomic mass is 32.2. The molecular formula is C14H18O2S. The van der Waals surface area contributed by atoms with Gasteiger partial charge in [-0.05, 0) is 31.4 Å². The molecule has 0 radical (unpaired) electrons. The van der Waals surface area contributed by atoms with E-state index in [0.717, 1.165) is 12.0 Å². The molecule has 0 fully saturated rings. The van der Waals surface area contributed by atoms with Crippen LogP contribution in [0, 0.1) is 5.92 Å². The van der Waals surface area contributed by atoms with Crippen LogP contribution in [0.25, 0.3) is 0 Å². The van der Waals surface area contributed by atoms with Crippen molar-refractivity contribution in [2.75, 3.05) is 0 Å². The van der Waals surface area contributed by atoms with E-state index in [1.165, 1.54) is 5.41 Å². The van der Waals surface area contributed by atoms with E-state index >= 15 is 0 Å². The summed E-state index contributed by atoms with van der Waals surface area (Å²) in [7, 11) is -3.30. The lowest BCUT2D eigenvalue weighted by Crippen LogP contribution is -1.98. The standard InChI is InChI=1S/C14H18O2S/c1-12(2)11-13(3)9-10-17(15,16)14-7-5-4-6-8-14/h4-10,13H,1,11H2,2-3H3/b10-9+/t13-/m0/s1. The van der Waals surface area contributed by atoms with Crippen LogP contribution in [0.5, 0.6) is 0 Å². The maximum Gasteiger partial charge on any atom is 0.199 e. The second kappa shape index (κ2) is 5.82. The van der Waals surface area contributed by atoms with Crippen molar-refractivity contribution in [2.24, 2.45) is 5.92 Å². The second-order valence-corrected chi connectivity index (χ2v) is 6.16. The Kier molecular flexibility index (Phi) is 4.70. The Labute approximate surface area is 104 Å². The van der Waals surface area contributed by atoms with E-state index in [1.54, 1.807) is 36.4 Å². The molecule has 0 unspecified atom stereocenters. The summed E-state index contributed by atoms with van der Waals surface area (Å²) in [5.74, 6) is 0.186. The molecular weight excluding hydrogens is 232 g/mol. The Morgan fingerprint density at radius 2 is 1.94 bits per heavy atom. The fourth-order valence-electron chi connectivity index (χ4n) is 1.54. The lowest BCUT2D eigenvalue weighted by molar-refractivity contribution is 0.604. The highest BCUT2D eigenvalue weighted by molar-refractivity contribution is 7.94. The molecule has 0 amide bonds. The fourth-order valence-corrected chi connectivity index (χ4v) is 2.71. The first-order valence-corrected chi connectivity index (χ1v) is 7.09. The number of hydrogen-bond acceptors (Lipinski definition) is 2. The van der Waals surface area contributed by atoms with Crippen molar-refractivity contribution in [3.05, 3.63) is 54.0 Å².